The van der Waals surface area contributed by atoms with Crippen LogP contribution in [0.15, 0.2) is 30.7 Å². The van der Waals surface area contributed by atoms with Gasteiger partial charge in [0, 0.05) is 32.4 Å². The van der Waals surface area contributed by atoms with Gasteiger partial charge in [-0.2, -0.15) is 0 Å². The molecule has 0 unspecified atom stereocenters. The topological polar surface area (TPSA) is 65.3 Å². The Morgan fingerprint density at radius 1 is 1.32 bits per heavy atom. The monoisotopic (exact) mass is 345 g/mol. The predicted octanol–water partition coefficient (Wildman–Crippen LogP) is 2.10. The summed E-state index contributed by atoms with van der Waals surface area (Å²) in [5, 5.41) is 8.59. The first-order chi connectivity index (χ1) is 12.0. The highest BCUT2D eigenvalue weighted by atomic mass is 16.5. The largest absolute Gasteiger partial charge is 0.490 e. The van der Waals surface area contributed by atoms with Crippen molar-refractivity contribution >= 4 is 0 Å². The molecule has 1 saturated heterocycles. The molecule has 3 rings (SSSR count). The quantitative estimate of drug-likeness (QED) is 0.799. The van der Waals surface area contributed by atoms with Crippen molar-refractivity contribution < 1.29 is 9.47 Å². The van der Waals surface area contributed by atoms with Crippen LogP contribution >= 0.6 is 0 Å². The van der Waals surface area contributed by atoms with Gasteiger partial charge in [-0.15, -0.1) is 5.10 Å². The molecule has 1 aliphatic heterocycles. The number of likely N-dealkylation sites (tertiary alicyclic amines) is 1. The van der Waals surface area contributed by atoms with E-state index in [0.29, 0.717) is 6.61 Å². The predicted molar refractivity (Wildman–Crippen MR) is 94.4 cm³/mol. The molecule has 136 valence electrons. The molecular formula is C18H27N5O2. The van der Waals surface area contributed by atoms with E-state index in [1.165, 1.54) is 0 Å². The average molecular weight is 345 g/mol. The van der Waals surface area contributed by atoms with E-state index in [4.69, 9.17) is 9.47 Å². The lowest BCUT2D eigenvalue weighted by atomic mass is 10.1. The number of hydrogen-bond donors (Lipinski definition) is 0. The molecule has 0 bridgehead atoms. The Morgan fingerprint density at radius 3 is 2.80 bits per heavy atom. The minimum absolute atomic E-state index is 0.0614. The summed E-state index contributed by atoms with van der Waals surface area (Å²) >= 11 is 0. The minimum Gasteiger partial charge on any atom is -0.490 e. The van der Waals surface area contributed by atoms with Crippen LogP contribution < -0.4 is 4.74 Å². The van der Waals surface area contributed by atoms with E-state index in [0.717, 1.165) is 31.0 Å². The van der Waals surface area contributed by atoms with Crippen molar-refractivity contribution in [3.63, 3.8) is 0 Å². The zero-order valence-corrected chi connectivity index (χ0v) is 15.4. The number of aromatic nitrogens is 4. The lowest BCUT2D eigenvalue weighted by Crippen LogP contribution is -2.34. The molecule has 0 aromatic carbocycles. The number of nitrogens with zero attached hydrogens (tertiary/aromatic N) is 5. The lowest BCUT2D eigenvalue weighted by Gasteiger charge is -2.23. The summed E-state index contributed by atoms with van der Waals surface area (Å²) in [5.41, 5.74) is 0.909. The van der Waals surface area contributed by atoms with Crippen LogP contribution in [0.4, 0.5) is 0 Å². The molecule has 0 N–H and O–H groups in total. The van der Waals surface area contributed by atoms with Gasteiger partial charge in [0.25, 0.3) is 0 Å². The molecule has 0 radical (unpaired) electrons. The van der Waals surface area contributed by atoms with Crippen molar-refractivity contribution in [2.24, 2.45) is 0 Å². The van der Waals surface area contributed by atoms with Crippen molar-refractivity contribution in [3.05, 3.63) is 36.4 Å². The molecule has 0 aliphatic carbocycles. The van der Waals surface area contributed by atoms with Crippen molar-refractivity contribution in [2.45, 2.75) is 51.4 Å². The normalized spacial score (nSPS) is 21.6. The highest BCUT2D eigenvalue weighted by Gasteiger charge is 2.33. The minimum atomic E-state index is -0.0614. The second-order valence-corrected chi connectivity index (χ2v) is 7.50. The second kappa shape index (κ2) is 7.49. The summed E-state index contributed by atoms with van der Waals surface area (Å²) < 4.78 is 13.4. The Hall–Kier alpha value is -1.99. The van der Waals surface area contributed by atoms with Gasteiger partial charge in [-0.1, -0.05) is 5.21 Å². The summed E-state index contributed by atoms with van der Waals surface area (Å²) in [6, 6.07) is 4.09. The maximum atomic E-state index is 5.91. The molecular weight excluding hydrogens is 318 g/mol. The van der Waals surface area contributed by atoms with E-state index < -0.39 is 0 Å². The number of methoxy groups -OCH3 is 1. The number of hydrogen-bond acceptors (Lipinski definition) is 6. The van der Waals surface area contributed by atoms with E-state index in [1.54, 1.807) is 19.5 Å². The molecule has 1 fully saturated rings. The van der Waals surface area contributed by atoms with Gasteiger partial charge in [0.1, 0.15) is 12.4 Å². The van der Waals surface area contributed by atoms with Gasteiger partial charge in [-0.3, -0.25) is 9.88 Å². The standard InChI is InChI=1S/C18H27N5O2/c1-18(2,3)23-11-14(20-21-23)10-22-12-17(24-4)8-15(22)13-25-16-6-5-7-19-9-16/h5-7,9,11,15,17H,8,10,12-13H2,1-4H3/t15-,17+/m0/s1. The summed E-state index contributed by atoms with van der Waals surface area (Å²) in [4.78, 5) is 6.45. The number of rotatable bonds is 6. The van der Waals surface area contributed by atoms with Crippen molar-refractivity contribution in [1.82, 2.24) is 24.9 Å². The van der Waals surface area contributed by atoms with E-state index in [-0.39, 0.29) is 17.7 Å². The van der Waals surface area contributed by atoms with Crippen LogP contribution in [0.3, 0.4) is 0 Å². The zero-order chi connectivity index (χ0) is 17.9. The van der Waals surface area contributed by atoms with Gasteiger partial charge in [0.05, 0.1) is 29.7 Å². The third-order valence-corrected chi connectivity index (χ3v) is 4.49. The van der Waals surface area contributed by atoms with Gasteiger partial charge in [0.15, 0.2) is 0 Å². The van der Waals surface area contributed by atoms with Crippen molar-refractivity contribution in [2.75, 3.05) is 20.3 Å². The maximum Gasteiger partial charge on any atom is 0.137 e. The molecule has 7 heteroatoms. The summed E-state index contributed by atoms with van der Waals surface area (Å²) in [6.07, 6.45) is 6.68. The van der Waals surface area contributed by atoms with Gasteiger partial charge < -0.3 is 9.47 Å². The number of pyridine rings is 1. The third kappa shape index (κ3) is 4.55. The van der Waals surface area contributed by atoms with Crippen molar-refractivity contribution in [1.29, 1.82) is 0 Å². The van der Waals surface area contributed by atoms with Crippen LogP contribution in [-0.4, -0.2) is 57.3 Å². The third-order valence-electron chi connectivity index (χ3n) is 4.49. The molecule has 3 heterocycles. The zero-order valence-electron chi connectivity index (χ0n) is 15.4. The number of ether oxygens (including phenoxy) is 2. The molecule has 2 aromatic heterocycles. The smallest absolute Gasteiger partial charge is 0.137 e. The van der Waals surface area contributed by atoms with Crippen LogP contribution in [-0.2, 0) is 16.8 Å². The molecule has 25 heavy (non-hydrogen) atoms. The molecule has 1 aliphatic rings. The Labute approximate surface area is 148 Å². The SMILES string of the molecule is CO[C@@H]1C[C@@H](COc2cccnc2)N(Cc2cn(C(C)(C)C)nn2)C1. The van der Waals surface area contributed by atoms with Gasteiger partial charge in [0.2, 0.25) is 0 Å². The fraction of sp³-hybridized carbons (Fsp3) is 0.611. The first kappa shape index (κ1) is 17.8. The fourth-order valence-electron chi connectivity index (χ4n) is 3.01. The fourth-order valence-corrected chi connectivity index (χ4v) is 3.01. The Balaban J connectivity index is 1.64. The van der Waals surface area contributed by atoms with Crippen LogP contribution in [0.25, 0.3) is 0 Å². The molecule has 0 amide bonds. The van der Waals surface area contributed by atoms with Crippen molar-refractivity contribution in [3.8, 4) is 5.75 Å². The molecule has 2 aromatic rings. The summed E-state index contributed by atoms with van der Waals surface area (Å²) in [5.74, 6) is 0.794. The average Bonchev–Trinajstić information content (AvgIpc) is 3.21. The van der Waals surface area contributed by atoms with Gasteiger partial charge >= 0.3 is 0 Å². The Morgan fingerprint density at radius 2 is 2.16 bits per heavy atom. The van der Waals surface area contributed by atoms with Crippen LogP contribution in [0, 0.1) is 0 Å². The van der Waals surface area contributed by atoms with Crippen LogP contribution in [0.1, 0.15) is 32.9 Å². The Kier molecular flexibility index (Phi) is 5.34. The molecule has 7 nitrogen and oxygen atoms in total. The van der Waals surface area contributed by atoms with E-state index in [2.05, 4.69) is 41.0 Å². The van der Waals surface area contributed by atoms with Gasteiger partial charge in [-0.05, 0) is 39.3 Å². The molecule has 2 atom stereocenters. The first-order valence-electron chi connectivity index (χ1n) is 8.67. The van der Waals surface area contributed by atoms with Crippen LogP contribution in [0.5, 0.6) is 5.75 Å². The second-order valence-electron chi connectivity index (χ2n) is 7.50. The molecule has 0 spiro atoms. The maximum absolute atomic E-state index is 5.91. The molecule has 0 saturated carbocycles. The highest BCUT2D eigenvalue weighted by Crippen LogP contribution is 2.23. The van der Waals surface area contributed by atoms with Crippen LogP contribution in [0.2, 0.25) is 0 Å². The van der Waals surface area contributed by atoms with E-state index in [1.807, 2.05) is 23.0 Å². The Bertz CT molecular complexity index is 668. The van der Waals surface area contributed by atoms with E-state index >= 15 is 0 Å². The van der Waals surface area contributed by atoms with E-state index in [9.17, 15) is 0 Å². The highest BCUT2D eigenvalue weighted by molar-refractivity contribution is 5.15. The lowest BCUT2D eigenvalue weighted by molar-refractivity contribution is 0.107. The van der Waals surface area contributed by atoms with Gasteiger partial charge in [-0.25, -0.2) is 4.68 Å². The summed E-state index contributed by atoms with van der Waals surface area (Å²) in [6.45, 7) is 8.59. The first-order valence-corrected chi connectivity index (χ1v) is 8.67. The summed E-state index contributed by atoms with van der Waals surface area (Å²) in [7, 11) is 1.77.